The molecule has 0 radical (unpaired) electrons. The lowest BCUT2D eigenvalue weighted by Crippen LogP contribution is -2.14. The molecule has 0 aliphatic heterocycles. The van der Waals surface area contributed by atoms with Crippen LogP contribution in [-0.4, -0.2) is 4.57 Å². The molecule has 2 heteroatoms. The first kappa shape index (κ1) is 31.1. The average molecular weight is 679 g/mol. The number of hydrogen-bond acceptors (Lipinski definition) is 1. The lowest BCUT2D eigenvalue weighted by molar-refractivity contribution is 0.660. The molecule has 1 heterocycles. The van der Waals surface area contributed by atoms with Gasteiger partial charge in [0.05, 0.1) is 11.0 Å². The molecule has 1 aliphatic rings. The molecule has 53 heavy (non-hydrogen) atoms. The van der Waals surface area contributed by atoms with Gasteiger partial charge in [0, 0.05) is 38.8 Å². The maximum atomic E-state index is 3.73. The fraction of sp³-hybridized carbons (Fsp3) is 0.0588. The van der Waals surface area contributed by atoms with Gasteiger partial charge >= 0.3 is 0 Å². The highest BCUT2D eigenvalue weighted by Gasteiger charge is 2.36. The normalized spacial score (nSPS) is 12.9. The van der Waals surface area contributed by atoms with Crippen LogP contribution in [-0.2, 0) is 5.41 Å². The van der Waals surface area contributed by atoms with Crippen molar-refractivity contribution in [2.75, 3.05) is 5.32 Å². The minimum Gasteiger partial charge on any atom is -0.355 e. The van der Waals surface area contributed by atoms with E-state index in [-0.39, 0.29) is 5.41 Å². The molecule has 1 aliphatic carbocycles. The largest absolute Gasteiger partial charge is 0.355 e. The smallest absolute Gasteiger partial charge is 0.0541 e. The zero-order valence-electron chi connectivity index (χ0n) is 29.8. The van der Waals surface area contributed by atoms with Gasteiger partial charge < -0.3 is 9.88 Å². The summed E-state index contributed by atoms with van der Waals surface area (Å²) in [7, 11) is 0. The molecule has 0 saturated heterocycles. The Balaban J connectivity index is 0.880. The van der Waals surface area contributed by atoms with E-state index < -0.39 is 0 Å². The van der Waals surface area contributed by atoms with Crippen LogP contribution in [0.15, 0.2) is 188 Å². The number of nitrogens with zero attached hydrogens (tertiary/aromatic N) is 1. The zero-order valence-corrected chi connectivity index (χ0v) is 29.8. The van der Waals surface area contributed by atoms with Crippen molar-refractivity contribution in [2.24, 2.45) is 0 Å². The van der Waals surface area contributed by atoms with Gasteiger partial charge in [0.15, 0.2) is 0 Å². The SMILES string of the molecule is CC1(C)c2ccccc2-c2c(Nc3ccc(-c4ccc(-c5ccc(-c6ccc7c(c6)c6ccccc6n7-c6ccccc6)cc5)cc4)cc3)cccc21. The zero-order chi connectivity index (χ0) is 35.5. The molecular weight excluding hydrogens is 641 g/mol. The summed E-state index contributed by atoms with van der Waals surface area (Å²) in [5.41, 5.74) is 18.5. The number of anilines is 2. The predicted molar refractivity (Wildman–Crippen MR) is 224 cm³/mol. The summed E-state index contributed by atoms with van der Waals surface area (Å²) < 4.78 is 2.36. The van der Waals surface area contributed by atoms with Crippen LogP contribution in [0.3, 0.4) is 0 Å². The Hall–Kier alpha value is -6.64. The van der Waals surface area contributed by atoms with E-state index >= 15 is 0 Å². The van der Waals surface area contributed by atoms with Crippen molar-refractivity contribution < 1.29 is 0 Å². The molecular formula is C51H38N2. The van der Waals surface area contributed by atoms with Gasteiger partial charge in [0.1, 0.15) is 0 Å². The van der Waals surface area contributed by atoms with E-state index in [0.717, 1.165) is 11.4 Å². The van der Waals surface area contributed by atoms with Gasteiger partial charge in [-0.05, 0) is 98.6 Å². The number of fused-ring (bicyclic) bond motifs is 6. The van der Waals surface area contributed by atoms with Crippen molar-refractivity contribution in [1.29, 1.82) is 0 Å². The van der Waals surface area contributed by atoms with Crippen molar-refractivity contribution in [3.05, 3.63) is 199 Å². The van der Waals surface area contributed by atoms with Crippen LogP contribution >= 0.6 is 0 Å². The molecule has 0 atom stereocenters. The number of hydrogen-bond donors (Lipinski definition) is 1. The highest BCUT2D eigenvalue weighted by molar-refractivity contribution is 6.10. The van der Waals surface area contributed by atoms with Crippen LogP contribution in [0.25, 0.3) is 72.0 Å². The standard InChI is InChI=1S/C51H38N2/c1-51(2)45-15-8-6-14-43(45)50-46(51)16-10-17-47(50)52-40-30-27-37(28-31-40)36-21-19-34(20-22-36)35-23-25-38(26-24-35)39-29-32-49-44(33-39)42-13-7-9-18-48(42)53(49)41-11-4-3-5-12-41/h3-33,52H,1-2H3. The van der Waals surface area contributed by atoms with Crippen LogP contribution in [0.2, 0.25) is 0 Å². The molecule has 10 rings (SSSR count). The fourth-order valence-electron chi connectivity index (χ4n) is 8.48. The van der Waals surface area contributed by atoms with Gasteiger partial charge in [0.2, 0.25) is 0 Å². The summed E-state index contributed by atoms with van der Waals surface area (Å²) in [6.07, 6.45) is 0. The number of para-hydroxylation sites is 2. The van der Waals surface area contributed by atoms with Crippen LogP contribution in [0.4, 0.5) is 11.4 Å². The highest BCUT2D eigenvalue weighted by Crippen LogP contribution is 2.51. The maximum absolute atomic E-state index is 3.73. The Bertz CT molecular complexity index is 2790. The lowest BCUT2D eigenvalue weighted by Gasteiger charge is -2.21. The van der Waals surface area contributed by atoms with E-state index in [1.54, 1.807) is 0 Å². The lowest BCUT2D eigenvalue weighted by atomic mass is 9.82. The summed E-state index contributed by atoms with van der Waals surface area (Å²) in [4.78, 5) is 0. The monoisotopic (exact) mass is 678 g/mol. The Morgan fingerprint density at radius 1 is 0.415 bits per heavy atom. The number of rotatable bonds is 6. The van der Waals surface area contributed by atoms with Crippen LogP contribution in [0.5, 0.6) is 0 Å². The number of aromatic nitrogens is 1. The second kappa shape index (κ2) is 12.3. The number of benzene rings is 8. The fourth-order valence-corrected chi connectivity index (χ4v) is 8.48. The maximum Gasteiger partial charge on any atom is 0.0541 e. The first-order chi connectivity index (χ1) is 26.0. The van der Waals surface area contributed by atoms with E-state index in [4.69, 9.17) is 0 Å². The highest BCUT2D eigenvalue weighted by atomic mass is 15.0. The third-order valence-corrected chi connectivity index (χ3v) is 11.2. The molecule has 0 unspecified atom stereocenters. The van der Waals surface area contributed by atoms with E-state index in [9.17, 15) is 0 Å². The van der Waals surface area contributed by atoms with Crippen molar-refractivity contribution in [1.82, 2.24) is 4.57 Å². The third kappa shape index (κ3) is 5.18. The van der Waals surface area contributed by atoms with E-state index in [0.29, 0.717) is 0 Å². The Morgan fingerprint density at radius 3 is 1.64 bits per heavy atom. The summed E-state index contributed by atoms with van der Waals surface area (Å²) in [6.45, 7) is 4.65. The Kier molecular flexibility index (Phi) is 7.19. The molecule has 2 nitrogen and oxygen atoms in total. The summed E-state index contributed by atoms with van der Waals surface area (Å²) in [5.74, 6) is 0. The molecule has 0 amide bonds. The minimum atomic E-state index is -0.0108. The van der Waals surface area contributed by atoms with Crippen LogP contribution in [0.1, 0.15) is 25.0 Å². The van der Waals surface area contributed by atoms with Crippen molar-refractivity contribution >= 4 is 33.2 Å². The molecule has 0 bridgehead atoms. The Morgan fingerprint density at radius 2 is 0.943 bits per heavy atom. The average Bonchev–Trinajstić information content (AvgIpc) is 3.67. The third-order valence-electron chi connectivity index (χ3n) is 11.2. The molecule has 0 fully saturated rings. The summed E-state index contributed by atoms with van der Waals surface area (Å²) in [6, 6.07) is 68.3. The van der Waals surface area contributed by atoms with Gasteiger partial charge in [-0.2, -0.15) is 0 Å². The van der Waals surface area contributed by atoms with Gasteiger partial charge in [0.25, 0.3) is 0 Å². The van der Waals surface area contributed by atoms with Crippen LogP contribution in [0, 0.1) is 0 Å². The minimum absolute atomic E-state index is 0.0108. The molecule has 0 saturated carbocycles. The van der Waals surface area contributed by atoms with Crippen molar-refractivity contribution in [2.45, 2.75) is 19.3 Å². The van der Waals surface area contributed by atoms with Gasteiger partial charge in [-0.3, -0.25) is 0 Å². The second-order valence-corrected chi connectivity index (χ2v) is 14.7. The first-order valence-corrected chi connectivity index (χ1v) is 18.4. The Labute approximate surface area is 310 Å². The summed E-state index contributed by atoms with van der Waals surface area (Å²) >= 11 is 0. The molecule has 0 spiro atoms. The van der Waals surface area contributed by atoms with Gasteiger partial charge in [-0.25, -0.2) is 0 Å². The van der Waals surface area contributed by atoms with E-state index in [2.05, 4.69) is 212 Å². The number of nitrogens with one attached hydrogen (secondary N) is 1. The molecule has 9 aromatic rings. The topological polar surface area (TPSA) is 17.0 Å². The molecule has 1 N–H and O–H groups in total. The van der Waals surface area contributed by atoms with Crippen molar-refractivity contribution in [3.63, 3.8) is 0 Å². The van der Waals surface area contributed by atoms with Gasteiger partial charge in [-0.15, -0.1) is 0 Å². The molecule has 8 aromatic carbocycles. The van der Waals surface area contributed by atoms with Gasteiger partial charge in [-0.1, -0.05) is 153 Å². The van der Waals surface area contributed by atoms with E-state index in [1.165, 1.54) is 83.1 Å². The molecule has 252 valence electrons. The first-order valence-electron chi connectivity index (χ1n) is 18.4. The summed E-state index contributed by atoms with van der Waals surface area (Å²) in [5, 5.41) is 6.27. The second-order valence-electron chi connectivity index (χ2n) is 14.7. The molecule has 1 aromatic heterocycles. The van der Waals surface area contributed by atoms with Crippen molar-refractivity contribution in [3.8, 4) is 50.2 Å². The predicted octanol–water partition coefficient (Wildman–Crippen LogP) is 13.8. The van der Waals surface area contributed by atoms with Crippen LogP contribution < -0.4 is 5.32 Å². The van der Waals surface area contributed by atoms with E-state index in [1.807, 2.05) is 0 Å². The quantitative estimate of drug-likeness (QED) is 0.185.